The van der Waals surface area contributed by atoms with Gasteiger partial charge in [0.15, 0.2) is 32.8 Å². The van der Waals surface area contributed by atoms with Crippen LogP contribution in [-0.2, 0) is 9.84 Å². The van der Waals surface area contributed by atoms with Crippen LogP contribution in [0, 0.1) is 11.3 Å². The summed E-state index contributed by atoms with van der Waals surface area (Å²) in [5, 5.41) is 13.6. The number of benzene rings is 3. The molecule has 0 radical (unpaired) electrons. The molecule has 1 aromatic heterocycles. The van der Waals surface area contributed by atoms with E-state index in [2.05, 4.69) is 21.3 Å². The molecular weight excluding hydrogens is 568 g/mol. The van der Waals surface area contributed by atoms with Crippen molar-refractivity contribution in [1.29, 1.82) is 5.26 Å². The monoisotopic (exact) mass is 602 g/mol. The van der Waals surface area contributed by atoms with E-state index in [0.717, 1.165) is 25.2 Å². The highest BCUT2D eigenvalue weighted by atomic mass is 32.2. The summed E-state index contributed by atoms with van der Waals surface area (Å²) in [4.78, 5) is 6.65. The van der Waals surface area contributed by atoms with Crippen LogP contribution in [0.2, 0.25) is 0 Å². The summed E-state index contributed by atoms with van der Waals surface area (Å²) in [6.07, 6.45) is 4.25. The van der Waals surface area contributed by atoms with Crippen LogP contribution < -0.4 is 24.3 Å². The van der Waals surface area contributed by atoms with Crippen LogP contribution in [0.15, 0.2) is 66.9 Å². The van der Waals surface area contributed by atoms with Gasteiger partial charge in [0.05, 0.1) is 42.8 Å². The van der Waals surface area contributed by atoms with Gasteiger partial charge in [-0.05, 0) is 61.9 Å². The van der Waals surface area contributed by atoms with Gasteiger partial charge in [0.25, 0.3) is 0 Å². The molecule has 0 amide bonds. The third-order valence-electron chi connectivity index (χ3n) is 7.41. The van der Waals surface area contributed by atoms with E-state index in [1.807, 2.05) is 54.6 Å². The number of anilines is 2. The van der Waals surface area contributed by atoms with Gasteiger partial charge in [-0.1, -0.05) is 12.1 Å². The molecule has 43 heavy (non-hydrogen) atoms. The quantitative estimate of drug-likeness (QED) is 0.207. The van der Waals surface area contributed by atoms with Gasteiger partial charge in [-0.3, -0.25) is 4.98 Å². The first-order valence-corrected chi connectivity index (χ1v) is 15.9. The summed E-state index contributed by atoms with van der Waals surface area (Å²) in [7, 11) is 0.150. The number of nitrogens with zero attached hydrogens (tertiary/aromatic N) is 3. The lowest BCUT2D eigenvalue weighted by Crippen LogP contribution is -2.27. The summed E-state index contributed by atoms with van der Waals surface area (Å²) in [5.41, 5.74) is 2.39. The predicted octanol–water partition coefficient (Wildman–Crippen LogP) is 5.55. The Morgan fingerprint density at radius 3 is 2.44 bits per heavy atom. The summed E-state index contributed by atoms with van der Waals surface area (Å²) < 4.78 is 46.7. The van der Waals surface area contributed by atoms with Crippen molar-refractivity contribution in [3.63, 3.8) is 0 Å². The molecule has 1 fully saturated rings. The van der Waals surface area contributed by atoms with E-state index >= 15 is 0 Å². The number of fused-ring (bicyclic) bond motifs is 1. The van der Waals surface area contributed by atoms with Crippen molar-refractivity contribution in [2.24, 2.45) is 0 Å². The number of sulfone groups is 1. The van der Waals surface area contributed by atoms with Gasteiger partial charge in [-0.15, -0.1) is 0 Å². The van der Waals surface area contributed by atoms with Crippen LogP contribution in [0.5, 0.6) is 28.7 Å². The Bertz CT molecular complexity index is 1740. The van der Waals surface area contributed by atoms with Crippen LogP contribution in [0.1, 0.15) is 18.4 Å². The zero-order valence-electron chi connectivity index (χ0n) is 24.4. The fourth-order valence-electron chi connectivity index (χ4n) is 5.09. The maximum absolute atomic E-state index is 11.8. The van der Waals surface area contributed by atoms with Gasteiger partial charge in [0, 0.05) is 42.7 Å². The minimum atomic E-state index is -3.02. The van der Waals surface area contributed by atoms with E-state index in [9.17, 15) is 13.7 Å². The molecular formula is C32H34N4O6S. The first-order chi connectivity index (χ1) is 20.8. The van der Waals surface area contributed by atoms with Gasteiger partial charge in [0.1, 0.15) is 11.8 Å². The fraction of sp³-hybridized carbons (Fsp3) is 0.312. The largest absolute Gasteiger partial charge is 0.493 e. The Hall–Kier alpha value is -4.53. The molecule has 0 aliphatic carbocycles. The van der Waals surface area contributed by atoms with Gasteiger partial charge < -0.3 is 29.2 Å². The highest BCUT2D eigenvalue weighted by molar-refractivity contribution is 7.91. The molecule has 0 saturated carbocycles. The maximum Gasteiger partial charge on any atom is 0.169 e. The van der Waals surface area contributed by atoms with Gasteiger partial charge in [-0.2, -0.15) is 5.26 Å². The number of pyridine rings is 1. The molecule has 5 rings (SSSR count). The van der Waals surface area contributed by atoms with Crippen LogP contribution in [0.25, 0.3) is 10.9 Å². The van der Waals surface area contributed by atoms with Crippen molar-refractivity contribution in [3.8, 4) is 34.8 Å². The van der Waals surface area contributed by atoms with Crippen molar-refractivity contribution in [3.05, 3.63) is 72.4 Å². The standard InChI is InChI=1S/C32H34N4O6S/c1-39-28-7-4-5-8-29(28)42-24-11-9-23(10-12-24)35-32-22(19-33)20-34-27-18-31(30(40-2)17-26(27)32)41-16-6-14-36-15-13-25(21-36)43(3,37)38/h4-5,7-12,17-18,20,25H,6,13-16,21H2,1-3H3,(H,34,35). The van der Waals surface area contributed by atoms with E-state index in [1.165, 1.54) is 12.5 Å². The Morgan fingerprint density at radius 1 is 1.02 bits per heavy atom. The number of hydrogen-bond donors (Lipinski definition) is 1. The second kappa shape index (κ2) is 13.2. The summed E-state index contributed by atoms with van der Waals surface area (Å²) in [6, 6.07) is 20.7. The average molecular weight is 603 g/mol. The molecule has 1 saturated heterocycles. The summed E-state index contributed by atoms with van der Waals surface area (Å²) in [6.45, 7) is 2.53. The lowest BCUT2D eigenvalue weighted by atomic mass is 10.1. The van der Waals surface area contributed by atoms with Gasteiger partial charge in [0.2, 0.25) is 0 Å². The molecule has 3 aromatic carbocycles. The number of ether oxygens (including phenoxy) is 4. The highest BCUT2D eigenvalue weighted by Crippen LogP contribution is 2.38. The van der Waals surface area contributed by atoms with Crippen molar-refractivity contribution >= 4 is 32.1 Å². The SMILES string of the molecule is COc1cc2c(Nc3ccc(Oc4ccccc4OC)cc3)c(C#N)cnc2cc1OCCCN1CCC(S(C)(=O)=O)C1. The molecule has 1 unspecified atom stereocenters. The average Bonchev–Trinajstić information content (AvgIpc) is 3.50. The molecule has 0 spiro atoms. The number of methoxy groups -OCH3 is 2. The van der Waals surface area contributed by atoms with E-state index < -0.39 is 9.84 Å². The number of hydrogen-bond acceptors (Lipinski definition) is 10. The normalized spacial score (nSPS) is 15.2. The van der Waals surface area contributed by atoms with E-state index in [-0.39, 0.29) is 5.25 Å². The Balaban J connectivity index is 1.29. The van der Waals surface area contributed by atoms with Crippen molar-refractivity contribution in [2.45, 2.75) is 18.1 Å². The molecule has 1 aliphatic heterocycles. The number of nitrogens with one attached hydrogen (secondary N) is 1. The maximum atomic E-state index is 11.8. The minimum Gasteiger partial charge on any atom is -0.493 e. The second-order valence-corrected chi connectivity index (χ2v) is 12.6. The minimum absolute atomic E-state index is 0.286. The molecule has 11 heteroatoms. The third-order valence-corrected chi connectivity index (χ3v) is 9.00. The third kappa shape index (κ3) is 7.10. The zero-order chi connectivity index (χ0) is 30.4. The molecule has 0 bridgehead atoms. The van der Waals surface area contributed by atoms with E-state index in [1.54, 1.807) is 20.3 Å². The molecule has 224 valence electrons. The summed E-state index contributed by atoms with van der Waals surface area (Å²) in [5.74, 6) is 2.95. The lowest BCUT2D eigenvalue weighted by Gasteiger charge is -2.17. The molecule has 2 heterocycles. The molecule has 1 aliphatic rings. The van der Waals surface area contributed by atoms with Crippen LogP contribution in [-0.4, -0.2) is 70.3 Å². The van der Waals surface area contributed by atoms with Crippen LogP contribution in [0.3, 0.4) is 0 Å². The van der Waals surface area contributed by atoms with Crippen LogP contribution >= 0.6 is 0 Å². The lowest BCUT2D eigenvalue weighted by molar-refractivity contribution is 0.254. The number of aromatic nitrogens is 1. The number of likely N-dealkylation sites (tertiary alicyclic amines) is 1. The van der Waals surface area contributed by atoms with Crippen molar-refractivity contribution in [2.75, 3.05) is 52.0 Å². The molecule has 1 atom stereocenters. The molecule has 4 aromatic rings. The highest BCUT2D eigenvalue weighted by Gasteiger charge is 2.29. The van der Waals surface area contributed by atoms with E-state index in [0.29, 0.717) is 70.5 Å². The van der Waals surface area contributed by atoms with Crippen molar-refractivity contribution < 1.29 is 27.4 Å². The van der Waals surface area contributed by atoms with Gasteiger partial charge in [-0.25, -0.2) is 8.42 Å². The topological polar surface area (TPSA) is 123 Å². The zero-order valence-corrected chi connectivity index (χ0v) is 25.2. The second-order valence-electron chi connectivity index (χ2n) is 10.3. The first-order valence-electron chi connectivity index (χ1n) is 13.9. The summed E-state index contributed by atoms with van der Waals surface area (Å²) >= 11 is 0. The number of para-hydroxylation sites is 2. The Kier molecular flexibility index (Phi) is 9.19. The smallest absolute Gasteiger partial charge is 0.169 e. The first kappa shape index (κ1) is 29.9. The fourth-order valence-corrected chi connectivity index (χ4v) is 6.11. The molecule has 10 nitrogen and oxygen atoms in total. The predicted molar refractivity (Wildman–Crippen MR) is 166 cm³/mol. The number of nitriles is 1. The van der Waals surface area contributed by atoms with Crippen LogP contribution in [0.4, 0.5) is 11.4 Å². The number of rotatable bonds is 12. The Morgan fingerprint density at radius 2 is 1.77 bits per heavy atom. The van der Waals surface area contributed by atoms with Gasteiger partial charge >= 0.3 is 0 Å². The Labute approximate surface area is 251 Å². The molecule has 1 N–H and O–H groups in total. The van der Waals surface area contributed by atoms with Crippen molar-refractivity contribution in [1.82, 2.24) is 9.88 Å². The van der Waals surface area contributed by atoms with E-state index in [4.69, 9.17) is 18.9 Å².